The number of carbonyl (C=O) groups is 1. The van der Waals surface area contributed by atoms with E-state index < -0.39 is 12.0 Å². The molecule has 0 amide bonds. The number of hydrogen-bond acceptors (Lipinski definition) is 6. The van der Waals surface area contributed by atoms with E-state index in [9.17, 15) is 9.59 Å². The van der Waals surface area contributed by atoms with E-state index in [0.29, 0.717) is 38.0 Å². The van der Waals surface area contributed by atoms with Gasteiger partial charge in [0.15, 0.2) is 4.80 Å². The van der Waals surface area contributed by atoms with Gasteiger partial charge in [-0.25, -0.2) is 9.79 Å². The van der Waals surface area contributed by atoms with Crippen LogP contribution < -0.4 is 14.9 Å². The van der Waals surface area contributed by atoms with Crippen LogP contribution in [0.2, 0.25) is 0 Å². The molecule has 8 heteroatoms. The zero-order valence-corrected chi connectivity index (χ0v) is 23.9. The summed E-state index contributed by atoms with van der Waals surface area (Å²) in [6, 6.07) is 19.0. The number of nitrogens with zero attached hydrogens (tertiary/aromatic N) is 2. The van der Waals surface area contributed by atoms with Gasteiger partial charge in [-0.15, -0.1) is 0 Å². The van der Waals surface area contributed by atoms with Crippen LogP contribution in [-0.4, -0.2) is 17.1 Å². The average molecular weight is 592 g/mol. The topological polar surface area (TPSA) is 73.8 Å². The van der Waals surface area contributed by atoms with Gasteiger partial charge in [0.05, 0.1) is 28.5 Å². The van der Waals surface area contributed by atoms with E-state index in [0.717, 1.165) is 15.6 Å². The Morgan fingerprint density at radius 1 is 1.18 bits per heavy atom. The van der Waals surface area contributed by atoms with Gasteiger partial charge in [0, 0.05) is 16.1 Å². The summed E-state index contributed by atoms with van der Waals surface area (Å²) in [5.74, 6) is 1.16. The fourth-order valence-electron chi connectivity index (χ4n) is 4.53. The molecule has 0 aliphatic carbocycles. The molecule has 3 heterocycles. The third-order valence-corrected chi connectivity index (χ3v) is 7.92. The Morgan fingerprint density at radius 3 is 2.63 bits per heavy atom. The molecule has 6 nitrogen and oxygen atoms in total. The van der Waals surface area contributed by atoms with E-state index in [4.69, 9.17) is 9.15 Å². The summed E-state index contributed by atoms with van der Waals surface area (Å²) in [7, 11) is 0. The summed E-state index contributed by atoms with van der Waals surface area (Å²) < 4.78 is 14.4. The first-order valence-electron chi connectivity index (χ1n) is 12.4. The molecule has 1 atom stereocenters. The lowest BCUT2D eigenvalue weighted by molar-refractivity contribution is -0.139. The van der Waals surface area contributed by atoms with Crippen molar-refractivity contribution in [2.45, 2.75) is 39.7 Å². The quantitative estimate of drug-likeness (QED) is 0.260. The molecule has 194 valence electrons. The second-order valence-corrected chi connectivity index (χ2v) is 11.3. The molecule has 4 aromatic rings. The monoisotopic (exact) mass is 590 g/mol. The molecule has 0 saturated carbocycles. The van der Waals surface area contributed by atoms with Crippen LogP contribution >= 0.6 is 27.3 Å². The number of hydrogen-bond donors (Lipinski definition) is 0. The van der Waals surface area contributed by atoms with Crippen LogP contribution in [0.25, 0.3) is 17.4 Å². The van der Waals surface area contributed by atoms with Crippen molar-refractivity contribution < 1.29 is 13.9 Å². The third-order valence-electron chi connectivity index (χ3n) is 6.45. The Hall–Kier alpha value is -3.49. The summed E-state index contributed by atoms with van der Waals surface area (Å²) in [5.41, 5.74) is 3.62. The highest BCUT2D eigenvalue weighted by Crippen LogP contribution is 2.31. The molecule has 2 aromatic carbocycles. The Bertz CT molecular complexity index is 1720. The fraction of sp³-hybridized carbons (Fsp3) is 0.233. The van der Waals surface area contributed by atoms with Gasteiger partial charge in [0.1, 0.15) is 11.5 Å². The predicted molar refractivity (Wildman–Crippen MR) is 153 cm³/mol. The molecule has 0 N–H and O–H groups in total. The van der Waals surface area contributed by atoms with Gasteiger partial charge in [-0.2, -0.15) is 0 Å². The number of fused-ring (bicyclic) bond motifs is 1. The zero-order valence-electron chi connectivity index (χ0n) is 21.5. The molecule has 38 heavy (non-hydrogen) atoms. The van der Waals surface area contributed by atoms with Crippen LogP contribution in [0.15, 0.2) is 90.6 Å². The van der Waals surface area contributed by atoms with E-state index >= 15 is 0 Å². The van der Waals surface area contributed by atoms with Gasteiger partial charge in [-0.1, -0.05) is 77.5 Å². The van der Waals surface area contributed by atoms with Gasteiger partial charge in [0.2, 0.25) is 0 Å². The van der Waals surface area contributed by atoms with E-state index in [1.54, 1.807) is 24.5 Å². The fourth-order valence-corrected chi connectivity index (χ4v) is 5.95. The van der Waals surface area contributed by atoms with Crippen molar-refractivity contribution in [1.29, 1.82) is 0 Å². The molecule has 0 fully saturated rings. The normalized spacial score (nSPS) is 15.5. The molecule has 2 aromatic heterocycles. The molecular formula is C30H27BrN2O4S. The van der Waals surface area contributed by atoms with Gasteiger partial charge >= 0.3 is 5.97 Å². The maximum Gasteiger partial charge on any atom is 0.338 e. The standard InChI is InChI=1S/C30H27BrN2O4S/c1-5-36-29(35)26-18(4)32-30-33(27(26)20-11-9-19(10-12-20)17(2)3)28(34)25(38-30)16-23-13-14-24(37-23)21-7-6-8-22(31)15-21/h6-17,27H,5H2,1-4H3/b25-16-. The number of ether oxygens (including phenoxy) is 1. The first-order valence-corrected chi connectivity index (χ1v) is 14.0. The van der Waals surface area contributed by atoms with Crippen molar-refractivity contribution in [3.63, 3.8) is 0 Å². The number of allylic oxidation sites excluding steroid dienone is 1. The summed E-state index contributed by atoms with van der Waals surface area (Å²) in [6.45, 7) is 8.04. The molecule has 5 rings (SSSR count). The number of carbonyl (C=O) groups excluding carboxylic acids is 1. The minimum absolute atomic E-state index is 0.234. The summed E-state index contributed by atoms with van der Waals surface area (Å²) in [4.78, 5) is 32.0. The van der Waals surface area contributed by atoms with Crippen molar-refractivity contribution in [3.05, 3.63) is 113 Å². The van der Waals surface area contributed by atoms with Crippen LogP contribution in [0.1, 0.15) is 56.5 Å². The second kappa shape index (κ2) is 10.7. The van der Waals surface area contributed by atoms with Crippen molar-refractivity contribution in [1.82, 2.24) is 4.57 Å². The Balaban J connectivity index is 1.63. The van der Waals surface area contributed by atoms with Crippen molar-refractivity contribution in [2.75, 3.05) is 6.61 Å². The van der Waals surface area contributed by atoms with Crippen LogP contribution in [0.5, 0.6) is 0 Å². The van der Waals surface area contributed by atoms with Crippen LogP contribution in [0.3, 0.4) is 0 Å². The van der Waals surface area contributed by atoms with Gasteiger partial charge < -0.3 is 9.15 Å². The maximum atomic E-state index is 13.8. The maximum absolute atomic E-state index is 13.8. The number of rotatable bonds is 6. The average Bonchev–Trinajstić information content (AvgIpc) is 3.48. The number of thiazole rings is 1. The molecule has 0 spiro atoms. The SMILES string of the molecule is CCOC(=O)C1=C(C)N=c2s/c(=C\c3ccc(-c4cccc(Br)c4)o3)c(=O)n2C1c1ccc(C(C)C)cc1. The zero-order chi connectivity index (χ0) is 27.0. The minimum Gasteiger partial charge on any atom is -0.463 e. The number of benzene rings is 2. The Labute approximate surface area is 232 Å². The van der Waals surface area contributed by atoms with Crippen molar-refractivity contribution >= 4 is 39.3 Å². The summed E-state index contributed by atoms with van der Waals surface area (Å²) in [6.07, 6.45) is 1.73. The molecule has 0 bridgehead atoms. The minimum atomic E-state index is -0.637. The summed E-state index contributed by atoms with van der Waals surface area (Å²) >= 11 is 4.76. The van der Waals surface area contributed by atoms with Crippen LogP contribution in [-0.2, 0) is 9.53 Å². The number of aromatic nitrogens is 1. The molecular weight excluding hydrogens is 564 g/mol. The van der Waals surface area contributed by atoms with Gasteiger partial charge in [0.25, 0.3) is 5.56 Å². The molecule has 1 unspecified atom stereocenters. The van der Waals surface area contributed by atoms with E-state index in [1.807, 2.05) is 60.7 Å². The molecule has 1 aliphatic rings. The lowest BCUT2D eigenvalue weighted by atomic mass is 9.93. The summed E-state index contributed by atoms with van der Waals surface area (Å²) in [5, 5.41) is 0. The third kappa shape index (κ3) is 4.98. The van der Waals surface area contributed by atoms with Crippen LogP contribution in [0.4, 0.5) is 0 Å². The molecule has 0 radical (unpaired) electrons. The lowest BCUT2D eigenvalue weighted by Gasteiger charge is -2.25. The predicted octanol–water partition coefficient (Wildman–Crippen LogP) is 5.94. The van der Waals surface area contributed by atoms with Gasteiger partial charge in [-0.05, 0) is 55.2 Å². The molecule has 1 aliphatic heterocycles. The molecule has 0 saturated heterocycles. The first kappa shape index (κ1) is 26.1. The van der Waals surface area contributed by atoms with Gasteiger partial charge in [-0.3, -0.25) is 9.36 Å². The number of esters is 1. The highest BCUT2D eigenvalue weighted by atomic mass is 79.9. The van der Waals surface area contributed by atoms with E-state index in [2.05, 4.69) is 34.8 Å². The largest absolute Gasteiger partial charge is 0.463 e. The van der Waals surface area contributed by atoms with E-state index in [-0.39, 0.29) is 12.2 Å². The Kier molecular flexibility index (Phi) is 7.36. The first-order chi connectivity index (χ1) is 18.3. The number of furan rings is 1. The second-order valence-electron chi connectivity index (χ2n) is 9.34. The Morgan fingerprint density at radius 2 is 1.95 bits per heavy atom. The van der Waals surface area contributed by atoms with E-state index in [1.165, 1.54) is 16.9 Å². The smallest absolute Gasteiger partial charge is 0.338 e. The lowest BCUT2D eigenvalue weighted by Crippen LogP contribution is -2.39. The van der Waals surface area contributed by atoms with Crippen LogP contribution in [0, 0.1) is 0 Å². The van der Waals surface area contributed by atoms with Crippen molar-refractivity contribution in [3.8, 4) is 11.3 Å². The number of halogens is 1. The highest BCUT2D eigenvalue weighted by Gasteiger charge is 2.33. The van der Waals surface area contributed by atoms with Crippen molar-refractivity contribution in [2.24, 2.45) is 4.99 Å². The highest BCUT2D eigenvalue weighted by molar-refractivity contribution is 9.10.